The van der Waals surface area contributed by atoms with Crippen LogP contribution in [0.25, 0.3) is 5.57 Å². The van der Waals surface area contributed by atoms with Gasteiger partial charge in [0.1, 0.15) is 5.57 Å². The molecule has 0 fully saturated rings. The molecule has 31 heavy (non-hydrogen) atoms. The predicted molar refractivity (Wildman–Crippen MR) is 63.3 cm³/mol. The van der Waals surface area contributed by atoms with Gasteiger partial charge in [-0.2, -0.15) is 66.4 Å². The van der Waals surface area contributed by atoms with Crippen molar-refractivity contribution in [1.29, 1.82) is 0 Å². The van der Waals surface area contributed by atoms with E-state index >= 15 is 0 Å². The van der Waals surface area contributed by atoms with E-state index in [9.17, 15) is 74.6 Å². The van der Waals surface area contributed by atoms with Gasteiger partial charge < -0.3 is 0 Å². The van der Waals surface area contributed by atoms with Crippen LogP contribution < -0.4 is 0 Å². The summed E-state index contributed by atoms with van der Waals surface area (Å²) in [6.07, 6.45) is -28.5. The van der Waals surface area contributed by atoms with Gasteiger partial charge in [0.15, 0.2) is 11.6 Å². The summed E-state index contributed by atoms with van der Waals surface area (Å²) in [5.41, 5.74) is -17.2. The van der Waals surface area contributed by atoms with Gasteiger partial charge in [-0.15, -0.1) is 0 Å². The van der Waals surface area contributed by atoms with Crippen molar-refractivity contribution < 1.29 is 74.6 Å². The SMILES string of the molecule is F/C(=C(/C(=C(/c1c(F)c(F)nc(F)c1F)C(F)(F)F)C(F)(F)F)C(F)(F)F)C(F)(F)F. The van der Waals surface area contributed by atoms with Crippen LogP contribution in [0.5, 0.6) is 0 Å². The van der Waals surface area contributed by atoms with Gasteiger partial charge in [0.2, 0.25) is 5.83 Å². The minimum absolute atomic E-state index is 1.64. The van der Waals surface area contributed by atoms with Crippen LogP contribution >= 0.6 is 0 Å². The lowest BCUT2D eigenvalue weighted by Gasteiger charge is -2.25. The number of pyridine rings is 1. The second-order valence-electron chi connectivity index (χ2n) is 5.13. The molecule has 0 radical (unpaired) electrons. The van der Waals surface area contributed by atoms with Crippen molar-refractivity contribution in [1.82, 2.24) is 4.98 Å². The van der Waals surface area contributed by atoms with E-state index in [0.29, 0.717) is 0 Å². The lowest BCUT2D eigenvalue weighted by Crippen LogP contribution is -2.32. The quantitative estimate of drug-likeness (QED) is 0.249. The molecule has 18 heteroatoms. The highest BCUT2D eigenvalue weighted by molar-refractivity contribution is 5.78. The maximum Gasteiger partial charge on any atom is 0.443 e. The Kier molecular flexibility index (Phi) is 6.70. The number of halogens is 17. The Bertz CT molecular complexity index is 896. The zero-order valence-electron chi connectivity index (χ0n) is 13.4. The molecule has 1 aromatic rings. The number of hydrogen-bond donors (Lipinski definition) is 0. The number of aromatic nitrogens is 1. The molecular weight excluding hydrogens is 493 g/mol. The molecule has 0 saturated heterocycles. The molecule has 1 nitrogen and oxygen atoms in total. The van der Waals surface area contributed by atoms with Crippen molar-refractivity contribution in [3.05, 3.63) is 46.1 Å². The van der Waals surface area contributed by atoms with Gasteiger partial charge in [0.05, 0.1) is 16.7 Å². The molecule has 1 aromatic heterocycles. The Labute approximate surface area is 157 Å². The van der Waals surface area contributed by atoms with E-state index in [1.54, 1.807) is 4.98 Å². The van der Waals surface area contributed by atoms with E-state index in [1.165, 1.54) is 0 Å². The summed E-state index contributed by atoms with van der Waals surface area (Å²) >= 11 is 0. The molecule has 0 unspecified atom stereocenters. The maximum absolute atomic E-state index is 13.6. The minimum atomic E-state index is -7.26. The maximum atomic E-state index is 13.6. The largest absolute Gasteiger partial charge is 0.443 e. The van der Waals surface area contributed by atoms with Crippen molar-refractivity contribution in [3.8, 4) is 0 Å². The molecule has 0 aliphatic rings. The topological polar surface area (TPSA) is 12.9 Å². The number of hydrogen-bond acceptors (Lipinski definition) is 1. The molecular formula is C13F17N. The normalized spacial score (nSPS) is 15.6. The Balaban J connectivity index is 4.57. The van der Waals surface area contributed by atoms with Gasteiger partial charge >= 0.3 is 24.7 Å². The summed E-state index contributed by atoms with van der Waals surface area (Å²) in [4.78, 5) is 1.64. The van der Waals surface area contributed by atoms with Crippen molar-refractivity contribution in [2.45, 2.75) is 24.7 Å². The number of nitrogens with zero attached hydrogens (tertiary/aromatic N) is 1. The lowest BCUT2D eigenvalue weighted by atomic mass is 9.92. The first-order valence-corrected chi connectivity index (χ1v) is 6.66. The van der Waals surface area contributed by atoms with E-state index in [2.05, 4.69) is 0 Å². The van der Waals surface area contributed by atoms with Gasteiger partial charge in [0, 0.05) is 0 Å². The number of alkyl halides is 12. The van der Waals surface area contributed by atoms with Crippen LogP contribution in [0.4, 0.5) is 74.6 Å². The minimum Gasteiger partial charge on any atom is -0.201 e. The molecule has 1 heterocycles. The van der Waals surface area contributed by atoms with Crippen LogP contribution in [0, 0.1) is 23.5 Å². The van der Waals surface area contributed by atoms with Gasteiger partial charge in [-0.3, -0.25) is 0 Å². The van der Waals surface area contributed by atoms with E-state index in [-0.39, 0.29) is 0 Å². The third kappa shape index (κ3) is 5.38. The van der Waals surface area contributed by atoms with E-state index in [4.69, 9.17) is 0 Å². The monoisotopic (exact) mass is 493 g/mol. The standard InChI is InChI=1S/C13F17N/c14-5-1(6(15)9(18)31-8(5)17)2(10(19,20)21)3(11(22,23)24)4(12(25,26)27)7(16)13(28,29)30/b3-2+,7-4-. The van der Waals surface area contributed by atoms with Crippen LogP contribution in [0.15, 0.2) is 17.0 Å². The molecule has 0 spiro atoms. The Morgan fingerprint density at radius 3 is 1.13 bits per heavy atom. The van der Waals surface area contributed by atoms with E-state index in [1.807, 2.05) is 0 Å². The summed E-state index contributed by atoms with van der Waals surface area (Å²) in [7, 11) is 0. The van der Waals surface area contributed by atoms with E-state index < -0.39 is 76.3 Å². The first-order chi connectivity index (χ1) is 13.5. The molecule has 0 N–H and O–H groups in total. The van der Waals surface area contributed by atoms with Gasteiger partial charge in [0.25, 0.3) is 11.9 Å². The molecule has 0 atom stereocenters. The molecule has 1 rings (SSSR count). The second kappa shape index (κ2) is 7.85. The predicted octanol–water partition coefficient (Wildman–Crippen LogP) is 6.86. The smallest absolute Gasteiger partial charge is 0.201 e. The van der Waals surface area contributed by atoms with Gasteiger partial charge in [-0.25, -0.2) is 13.2 Å². The third-order valence-electron chi connectivity index (χ3n) is 3.07. The molecule has 0 aromatic carbocycles. The summed E-state index contributed by atoms with van der Waals surface area (Å²) < 4.78 is 221. The van der Waals surface area contributed by atoms with Crippen molar-refractivity contribution in [2.24, 2.45) is 0 Å². The third-order valence-corrected chi connectivity index (χ3v) is 3.07. The lowest BCUT2D eigenvalue weighted by molar-refractivity contribution is -0.139. The molecule has 0 bridgehead atoms. The highest BCUT2D eigenvalue weighted by Gasteiger charge is 2.58. The summed E-state index contributed by atoms with van der Waals surface area (Å²) in [5, 5.41) is 0. The van der Waals surface area contributed by atoms with E-state index in [0.717, 1.165) is 0 Å². The zero-order valence-corrected chi connectivity index (χ0v) is 13.4. The van der Waals surface area contributed by atoms with Crippen LogP contribution in [0.1, 0.15) is 5.56 Å². The average Bonchev–Trinajstić information content (AvgIpc) is 2.50. The summed E-state index contributed by atoms with van der Waals surface area (Å²) in [6.45, 7) is 0. The molecule has 0 amide bonds. The first kappa shape index (κ1) is 26.5. The van der Waals surface area contributed by atoms with Crippen molar-refractivity contribution >= 4 is 5.57 Å². The van der Waals surface area contributed by atoms with Gasteiger partial charge in [-0.1, -0.05) is 0 Å². The fraction of sp³-hybridized carbons (Fsp3) is 0.308. The summed E-state index contributed by atoms with van der Waals surface area (Å²) in [6, 6.07) is 0. The van der Waals surface area contributed by atoms with Gasteiger partial charge in [-0.05, 0) is 0 Å². The molecule has 0 saturated carbocycles. The molecule has 176 valence electrons. The van der Waals surface area contributed by atoms with Crippen LogP contribution in [-0.2, 0) is 0 Å². The van der Waals surface area contributed by atoms with Crippen LogP contribution in [0.2, 0.25) is 0 Å². The van der Waals surface area contributed by atoms with Crippen LogP contribution in [-0.4, -0.2) is 29.7 Å². The fourth-order valence-electron chi connectivity index (χ4n) is 2.04. The Morgan fingerprint density at radius 2 is 0.871 bits per heavy atom. The molecule has 0 aliphatic carbocycles. The average molecular weight is 493 g/mol. The van der Waals surface area contributed by atoms with Crippen LogP contribution in [0.3, 0.4) is 0 Å². The first-order valence-electron chi connectivity index (χ1n) is 6.66. The number of allylic oxidation sites excluding steroid dienone is 4. The summed E-state index contributed by atoms with van der Waals surface area (Å²) in [5.74, 6) is -17.9. The van der Waals surface area contributed by atoms with Crippen molar-refractivity contribution in [3.63, 3.8) is 0 Å². The Morgan fingerprint density at radius 1 is 0.516 bits per heavy atom. The Hall–Kier alpha value is -2.56. The highest BCUT2D eigenvalue weighted by Crippen LogP contribution is 2.52. The van der Waals surface area contributed by atoms with Crippen molar-refractivity contribution in [2.75, 3.05) is 0 Å². The number of rotatable bonds is 2. The fourth-order valence-corrected chi connectivity index (χ4v) is 2.04. The highest BCUT2D eigenvalue weighted by atomic mass is 19.4. The molecule has 0 aliphatic heterocycles. The zero-order chi connectivity index (χ0) is 24.9. The second-order valence-corrected chi connectivity index (χ2v) is 5.13.